The molecule has 2 aromatic rings. The first-order valence-electron chi connectivity index (χ1n) is 12.0. The second-order valence-corrected chi connectivity index (χ2v) is 9.41. The highest BCUT2D eigenvalue weighted by molar-refractivity contribution is 5.82. The number of esters is 1. The molecule has 2 saturated heterocycles. The Bertz CT molecular complexity index is 1140. The lowest BCUT2D eigenvalue weighted by Gasteiger charge is -2.39. The minimum atomic E-state index is -1.84. The molecule has 0 unspecified atom stereocenters. The van der Waals surface area contributed by atoms with Gasteiger partial charge in [-0.25, -0.2) is 4.79 Å². The number of hydrogen-bond acceptors (Lipinski definition) is 12. The second kappa shape index (κ2) is 11.3. The van der Waals surface area contributed by atoms with E-state index in [0.29, 0.717) is 5.56 Å². The predicted octanol–water partition coefficient (Wildman–Crippen LogP) is -0.723. The van der Waals surface area contributed by atoms with Crippen molar-refractivity contribution in [3.63, 3.8) is 0 Å². The molecule has 0 amide bonds. The lowest BCUT2D eigenvalue weighted by Crippen LogP contribution is -2.60. The number of aliphatic hydroxyl groups is 5. The number of phenols is 1. The zero-order chi connectivity index (χ0) is 27.6. The number of methoxy groups -OCH3 is 2. The summed E-state index contributed by atoms with van der Waals surface area (Å²) < 4.78 is 26.8. The van der Waals surface area contributed by atoms with Gasteiger partial charge in [0.05, 0.1) is 27.4 Å². The molecule has 2 aliphatic rings. The molecule has 2 fully saturated rings. The first kappa shape index (κ1) is 27.9. The first-order valence-corrected chi connectivity index (χ1v) is 12.0. The van der Waals surface area contributed by atoms with E-state index in [-0.39, 0.29) is 42.4 Å². The molecule has 0 spiro atoms. The number of carbonyl (C=O) groups excluding carboxylic acids is 1. The molecule has 0 aromatic heterocycles. The van der Waals surface area contributed by atoms with Gasteiger partial charge in [0.15, 0.2) is 28.6 Å². The summed E-state index contributed by atoms with van der Waals surface area (Å²) in [6.45, 7) is -0.596. The van der Waals surface area contributed by atoms with Gasteiger partial charge in [-0.15, -0.1) is 0 Å². The van der Waals surface area contributed by atoms with E-state index in [1.165, 1.54) is 26.4 Å². The highest BCUT2D eigenvalue weighted by atomic mass is 16.7. The van der Waals surface area contributed by atoms with Crippen molar-refractivity contribution in [1.82, 2.24) is 0 Å². The predicted molar refractivity (Wildman–Crippen MR) is 129 cm³/mol. The van der Waals surface area contributed by atoms with Crippen LogP contribution in [0.4, 0.5) is 0 Å². The third kappa shape index (κ3) is 5.37. The van der Waals surface area contributed by atoms with Crippen LogP contribution in [0.1, 0.15) is 11.1 Å². The van der Waals surface area contributed by atoms with Crippen LogP contribution >= 0.6 is 0 Å². The largest absolute Gasteiger partial charge is 0.504 e. The number of aliphatic hydroxyl groups excluding tert-OH is 4. The quantitative estimate of drug-likeness (QED) is 0.221. The minimum absolute atomic E-state index is 0.00790. The van der Waals surface area contributed by atoms with Crippen LogP contribution in [0.3, 0.4) is 0 Å². The van der Waals surface area contributed by atoms with E-state index in [2.05, 4.69) is 0 Å². The Morgan fingerprint density at radius 1 is 0.947 bits per heavy atom. The SMILES string of the molecule is COc1cc(C[C@H]2COC(=O)[C@]2(O)Cc2ccc(O[C@H]3O[C@H](CO)[C@@H](O)[C@H](O)[C@@H]3O)c(OC)c2)ccc1O. The molecule has 208 valence electrons. The summed E-state index contributed by atoms with van der Waals surface area (Å²) in [7, 11) is 2.80. The number of aromatic hydroxyl groups is 1. The molecule has 12 nitrogen and oxygen atoms in total. The van der Waals surface area contributed by atoms with Crippen molar-refractivity contribution in [2.45, 2.75) is 49.1 Å². The van der Waals surface area contributed by atoms with Crippen molar-refractivity contribution in [2.24, 2.45) is 5.92 Å². The fraction of sp³-hybridized carbons (Fsp3) is 0.500. The number of carbonyl (C=O) groups is 1. The van der Waals surface area contributed by atoms with Gasteiger partial charge in [-0.05, 0) is 41.8 Å². The fourth-order valence-corrected chi connectivity index (χ4v) is 4.70. The van der Waals surface area contributed by atoms with E-state index in [1.807, 2.05) is 0 Å². The second-order valence-electron chi connectivity index (χ2n) is 9.41. The van der Waals surface area contributed by atoms with Gasteiger partial charge in [-0.1, -0.05) is 12.1 Å². The molecule has 0 aliphatic carbocycles. The molecule has 7 atom stereocenters. The smallest absolute Gasteiger partial charge is 0.338 e. The Balaban J connectivity index is 1.52. The van der Waals surface area contributed by atoms with Crippen molar-refractivity contribution in [2.75, 3.05) is 27.4 Å². The maximum absolute atomic E-state index is 12.6. The van der Waals surface area contributed by atoms with E-state index in [4.69, 9.17) is 23.7 Å². The molecule has 0 radical (unpaired) electrons. The van der Waals surface area contributed by atoms with Crippen LogP contribution in [0, 0.1) is 5.92 Å². The van der Waals surface area contributed by atoms with Crippen molar-refractivity contribution in [3.8, 4) is 23.0 Å². The van der Waals surface area contributed by atoms with Gasteiger partial charge in [0.2, 0.25) is 6.29 Å². The number of phenolic OH excluding ortho intramolecular Hbond substituents is 1. The Morgan fingerprint density at radius 3 is 2.32 bits per heavy atom. The van der Waals surface area contributed by atoms with E-state index in [9.17, 15) is 35.4 Å². The van der Waals surface area contributed by atoms with Crippen molar-refractivity contribution in [3.05, 3.63) is 47.5 Å². The molecule has 6 N–H and O–H groups in total. The van der Waals surface area contributed by atoms with E-state index in [0.717, 1.165) is 5.56 Å². The van der Waals surface area contributed by atoms with E-state index in [1.54, 1.807) is 24.3 Å². The van der Waals surface area contributed by atoms with Gasteiger partial charge in [0, 0.05) is 12.3 Å². The average molecular weight is 537 g/mol. The Labute approximate surface area is 218 Å². The van der Waals surface area contributed by atoms with Gasteiger partial charge in [-0.2, -0.15) is 0 Å². The molecular weight excluding hydrogens is 504 g/mol. The molecule has 4 rings (SSSR count). The molecule has 12 heteroatoms. The van der Waals surface area contributed by atoms with Gasteiger partial charge in [0.25, 0.3) is 0 Å². The van der Waals surface area contributed by atoms with Crippen molar-refractivity contribution in [1.29, 1.82) is 0 Å². The summed E-state index contributed by atoms with van der Waals surface area (Å²) in [6, 6.07) is 9.40. The Morgan fingerprint density at radius 2 is 1.63 bits per heavy atom. The Hall–Kier alpha value is -3.13. The summed E-state index contributed by atoms with van der Waals surface area (Å²) in [5, 5.41) is 60.9. The van der Waals surface area contributed by atoms with Crippen LogP contribution in [0.5, 0.6) is 23.0 Å². The lowest BCUT2D eigenvalue weighted by atomic mass is 9.81. The van der Waals surface area contributed by atoms with Gasteiger partial charge in [-0.3, -0.25) is 0 Å². The van der Waals surface area contributed by atoms with Crippen LogP contribution in [0.15, 0.2) is 36.4 Å². The monoisotopic (exact) mass is 536 g/mol. The topological polar surface area (TPSA) is 185 Å². The number of benzene rings is 2. The zero-order valence-electron chi connectivity index (χ0n) is 20.9. The van der Waals surface area contributed by atoms with Gasteiger partial charge < -0.3 is 54.3 Å². The summed E-state index contributed by atoms with van der Waals surface area (Å²) in [5.74, 6) is -0.780. The average Bonchev–Trinajstić information content (AvgIpc) is 3.18. The molecule has 0 bridgehead atoms. The fourth-order valence-electron chi connectivity index (χ4n) is 4.70. The molecule has 38 heavy (non-hydrogen) atoms. The maximum atomic E-state index is 12.6. The van der Waals surface area contributed by atoms with Crippen LogP contribution in [0.25, 0.3) is 0 Å². The van der Waals surface area contributed by atoms with Crippen LogP contribution in [-0.2, 0) is 27.1 Å². The highest BCUT2D eigenvalue weighted by Gasteiger charge is 2.51. The minimum Gasteiger partial charge on any atom is -0.504 e. The molecule has 2 aliphatic heterocycles. The van der Waals surface area contributed by atoms with E-state index < -0.39 is 54.8 Å². The third-order valence-corrected chi connectivity index (χ3v) is 6.96. The Kier molecular flexibility index (Phi) is 8.31. The summed E-state index contributed by atoms with van der Waals surface area (Å²) in [4.78, 5) is 12.6. The highest BCUT2D eigenvalue weighted by Crippen LogP contribution is 2.38. The standard InChI is InChI=1S/C26H32O12/c1-34-18-8-13(3-5-16(18)28)7-15-12-36-25(32)26(15,33)10-14-4-6-17(19(9-14)35-2)37-24-23(31)22(30)21(29)20(11-27)38-24/h3-6,8-9,15,20-24,27-31,33H,7,10-12H2,1-2H3/t15-,20+,21+,22-,23-,24-,26-/m0/s1. The van der Waals surface area contributed by atoms with Crippen LogP contribution in [-0.4, -0.2) is 100 Å². The van der Waals surface area contributed by atoms with Gasteiger partial charge in [0.1, 0.15) is 24.4 Å². The summed E-state index contributed by atoms with van der Waals surface area (Å²) >= 11 is 0. The summed E-state index contributed by atoms with van der Waals surface area (Å²) in [6.07, 6.45) is -7.10. The van der Waals surface area contributed by atoms with Crippen molar-refractivity contribution >= 4 is 5.97 Å². The number of ether oxygens (including phenoxy) is 5. The van der Waals surface area contributed by atoms with E-state index >= 15 is 0 Å². The first-order chi connectivity index (χ1) is 18.1. The summed E-state index contributed by atoms with van der Waals surface area (Å²) in [5.41, 5.74) is -0.574. The number of cyclic esters (lactones) is 1. The molecule has 0 saturated carbocycles. The number of rotatable bonds is 9. The van der Waals surface area contributed by atoms with Crippen molar-refractivity contribution < 1.29 is 59.1 Å². The molecule has 2 aromatic carbocycles. The maximum Gasteiger partial charge on any atom is 0.338 e. The van der Waals surface area contributed by atoms with Gasteiger partial charge >= 0.3 is 5.97 Å². The lowest BCUT2D eigenvalue weighted by molar-refractivity contribution is -0.277. The third-order valence-electron chi connectivity index (χ3n) is 6.96. The normalized spacial score (nSPS) is 31.1. The zero-order valence-corrected chi connectivity index (χ0v) is 20.9. The number of hydrogen-bond donors (Lipinski definition) is 6. The molecular formula is C26H32O12. The van der Waals surface area contributed by atoms with Crippen LogP contribution < -0.4 is 14.2 Å². The van der Waals surface area contributed by atoms with Crippen LogP contribution in [0.2, 0.25) is 0 Å². The molecule has 2 heterocycles.